The Kier molecular flexibility index (Phi) is 12.6. The topological polar surface area (TPSA) is 144 Å². The fourth-order valence-corrected chi connectivity index (χ4v) is 11.9. The Morgan fingerprint density at radius 1 is 0.781 bits per heavy atom. The lowest BCUT2D eigenvalue weighted by Gasteiger charge is -2.46. The number of thiazole rings is 1. The molecule has 362 valence electrons. The number of nitrogens with zero attached hydrogens (tertiary/aromatic N) is 4. The molecule has 0 radical (unpaired) electrons. The van der Waals surface area contributed by atoms with Crippen LogP contribution in [0.25, 0.3) is 10.2 Å². The lowest BCUT2D eigenvalue weighted by molar-refractivity contribution is -0.177. The van der Waals surface area contributed by atoms with E-state index in [0.717, 1.165) is 26.3 Å². The molecule has 73 heavy (non-hydrogen) atoms. The number of morpholine rings is 1. The molecule has 0 unspecified atom stereocenters. The molecule has 2 saturated heterocycles. The minimum absolute atomic E-state index is 0.0267. The Balaban J connectivity index is 1.15. The van der Waals surface area contributed by atoms with Gasteiger partial charge in [0.05, 0.1) is 46.5 Å². The summed E-state index contributed by atoms with van der Waals surface area (Å²) in [6.45, 7) is 2.92. The number of hydrogen-bond donors (Lipinski definition) is 3. The van der Waals surface area contributed by atoms with Gasteiger partial charge in [0.15, 0.2) is 5.13 Å². The molecule has 0 saturated carbocycles. The molecule has 2 fully saturated rings. The molecule has 4 heterocycles. The van der Waals surface area contributed by atoms with E-state index in [-0.39, 0.29) is 16.6 Å². The van der Waals surface area contributed by atoms with Crippen molar-refractivity contribution in [2.24, 2.45) is 5.92 Å². The number of urea groups is 1. The van der Waals surface area contributed by atoms with Crippen LogP contribution in [0, 0.1) is 17.8 Å². The zero-order valence-corrected chi connectivity index (χ0v) is 40.8. The first kappa shape index (κ1) is 46.9. The second kappa shape index (κ2) is 19.7. The normalized spacial score (nSPS) is 21.5. The van der Waals surface area contributed by atoms with Crippen LogP contribution in [-0.4, -0.2) is 63.3 Å². The van der Waals surface area contributed by atoms with Crippen molar-refractivity contribution in [1.29, 1.82) is 0 Å². The van der Waals surface area contributed by atoms with Crippen LogP contribution >= 0.6 is 11.3 Å². The number of aromatic nitrogens is 1. The van der Waals surface area contributed by atoms with Crippen LogP contribution in [0.3, 0.4) is 0 Å². The zero-order valence-electron chi connectivity index (χ0n) is 40.0. The second-order valence-corrected chi connectivity index (χ2v) is 19.8. The smallest absolute Gasteiger partial charge is 0.329 e. The lowest BCUT2D eigenvalue weighted by Crippen LogP contribution is -2.55. The Morgan fingerprint density at radius 2 is 1.42 bits per heavy atom. The van der Waals surface area contributed by atoms with Gasteiger partial charge in [-0.05, 0) is 89.8 Å². The molecule has 3 aliphatic rings. The number of carbonyl (C=O) groups is 4. The average molecular weight is 983 g/mol. The number of amides is 4. The largest absolute Gasteiger partial charge is 0.508 e. The summed E-state index contributed by atoms with van der Waals surface area (Å²) in [4.78, 5) is 73.4. The standard InChI is InChI=1S/C60H50N6O6S/c1-38(41-21-9-4-10-22-41)61-59(71)65-48-34-29-39(20-17-35-64(2)37-40-18-7-3-8-19-40)36-46(48)60(57(65)70)50(55(68)63-58-62-47-27-15-16-28-49(47)73-58)52-56(69)72-53(43-25-13-6-14-26-43)51(42-23-11-5-12-24-42)66(52)54(60)44-30-32-45(67)33-31-44/h3-16,18-19,21-34,36,38,50-54,67H,35,37H2,1-2H3,(H,61,71)(H,62,63,68)/t38-,50+,51+,52+,53-,54-,60+/m1/s1. The van der Waals surface area contributed by atoms with Crippen LogP contribution in [0.5, 0.6) is 5.75 Å². The molecule has 8 aromatic rings. The van der Waals surface area contributed by atoms with Crippen LogP contribution < -0.4 is 15.5 Å². The van der Waals surface area contributed by atoms with E-state index >= 15 is 19.2 Å². The summed E-state index contributed by atoms with van der Waals surface area (Å²) in [6, 6.07) is 53.2. The van der Waals surface area contributed by atoms with Gasteiger partial charge in [-0.15, -0.1) is 0 Å². The number of benzene rings is 7. The van der Waals surface area contributed by atoms with E-state index in [9.17, 15) is 5.11 Å². The number of cyclic esters (lactones) is 1. The molecular weight excluding hydrogens is 933 g/mol. The highest BCUT2D eigenvalue weighted by Crippen LogP contribution is 2.66. The molecule has 0 aliphatic carbocycles. The molecule has 3 N–H and O–H groups in total. The molecule has 11 rings (SSSR count). The summed E-state index contributed by atoms with van der Waals surface area (Å²) < 4.78 is 7.46. The molecule has 3 aliphatic heterocycles. The first-order chi connectivity index (χ1) is 35.6. The number of hydrogen-bond acceptors (Lipinski definition) is 10. The maximum Gasteiger partial charge on any atom is 0.329 e. The third-order valence-electron chi connectivity index (χ3n) is 14.2. The number of anilines is 2. The maximum atomic E-state index is 16.7. The number of nitrogens with one attached hydrogen (secondary N) is 2. The molecule has 0 bridgehead atoms. The fraction of sp³-hybridized carbons (Fsp3) is 0.183. The van der Waals surface area contributed by atoms with Crippen molar-refractivity contribution in [3.8, 4) is 17.6 Å². The highest BCUT2D eigenvalue weighted by atomic mass is 32.1. The average Bonchev–Trinajstić information content (AvgIpc) is 4.08. The second-order valence-electron chi connectivity index (χ2n) is 18.7. The summed E-state index contributed by atoms with van der Waals surface area (Å²) in [6.07, 6.45) is -0.915. The van der Waals surface area contributed by atoms with Crippen molar-refractivity contribution in [3.63, 3.8) is 0 Å². The first-order valence-corrected chi connectivity index (χ1v) is 25.0. The van der Waals surface area contributed by atoms with Crippen LogP contribution in [0.2, 0.25) is 0 Å². The van der Waals surface area contributed by atoms with E-state index in [2.05, 4.69) is 39.5 Å². The van der Waals surface area contributed by atoms with Gasteiger partial charge < -0.3 is 20.5 Å². The molecule has 7 atom stereocenters. The van der Waals surface area contributed by atoms with E-state index in [1.165, 1.54) is 23.5 Å². The van der Waals surface area contributed by atoms with E-state index in [4.69, 9.17) is 9.72 Å². The molecule has 1 aromatic heterocycles. The Hall–Kier alpha value is -8.41. The van der Waals surface area contributed by atoms with Gasteiger partial charge in [-0.3, -0.25) is 24.2 Å². The summed E-state index contributed by atoms with van der Waals surface area (Å²) in [5.41, 5.74) is 3.65. The number of phenolic OH excluding ortho intramolecular Hbond substituents is 1. The van der Waals surface area contributed by atoms with Gasteiger partial charge in [-0.2, -0.15) is 0 Å². The molecule has 4 amide bonds. The van der Waals surface area contributed by atoms with Gasteiger partial charge in [0.2, 0.25) is 11.8 Å². The molecule has 7 aromatic carbocycles. The highest BCUT2D eigenvalue weighted by Gasteiger charge is 2.75. The number of imide groups is 1. The monoisotopic (exact) mass is 982 g/mol. The van der Waals surface area contributed by atoms with Gasteiger partial charge in [-0.1, -0.05) is 169 Å². The molecule has 13 heteroatoms. The summed E-state index contributed by atoms with van der Waals surface area (Å²) >= 11 is 1.27. The third kappa shape index (κ3) is 8.59. The number of ether oxygens (including phenoxy) is 1. The SMILES string of the molecule is C[C@@H](NC(=O)N1C(=O)[C@@]2(c3cc(C#CCN(C)Cc4ccccc4)ccc31)[C@H](C(=O)Nc1nc3ccccc3s1)[C@H]1C(=O)O[C@H](c3ccccc3)[C@H](c3ccccc3)N1[C@@H]2c1ccc(O)cc1)c1ccccc1. The Morgan fingerprint density at radius 3 is 2.12 bits per heavy atom. The maximum absolute atomic E-state index is 16.7. The quantitative estimate of drug-likeness (QED) is 0.0901. The van der Waals surface area contributed by atoms with Crippen molar-refractivity contribution in [2.45, 2.75) is 49.2 Å². The fourth-order valence-electron chi connectivity index (χ4n) is 11.1. The lowest BCUT2D eigenvalue weighted by atomic mass is 9.65. The third-order valence-corrected chi connectivity index (χ3v) is 15.1. The Labute approximate surface area is 426 Å². The molecular formula is C60H50N6O6S. The number of carbonyl (C=O) groups excluding carboxylic acids is 4. The van der Waals surface area contributed by atoms with Gasteiger partial charge >= 0.3 is 12.0 Å². The number of fused-ring (bicyclic) bond motifs is 4. The van der Waals surface area contributed by atoms with Crippen molar-refractivity contribution in [2.75, 3.05) is 23.8 Å². The van der Waals surface area contributed by atoms with Gasteiger partial charge in [0.1, 0.15) is 23.3 Å². The van der Waals surface area contributed by atoms with Gasteiger partial charge in [0.25, 0.3) is 0 Å². The van der Waals surface area contributed by atoms with E-state index in [0.29, 0.717) is 40.9 Å². The van der Waals surface area contributed by atoms with Gasteiger partial charge in [-0.25, -0.2) is 14.7 Å². The molecule has 12 nitrogen and oxygen atoms in total. The van der Waals surface area contributed by atoms with E-state index in [1.54, 1.807) is 30.3 Å². The number of rotatable bonds is 10. The van der Waals surface area contributed by atoms with Gasteiger partial charge in [0, 0.05) is 12.1 Å². The van der Waals surface area contributed by atoms with Crippen molar-refractivity contribution in [3.05, 3.63) is 227 Å². The summed E-state index contributed by atoms with van der Waals surface area (Å²) in [7, 11) is 1.99. The number of esters is 1. The first-order valence-electron chi connectivity index (χ1n) is 24.2. The number of aromatic hydroxyl groups is 1. The van der Waals surface area contributed by atoms with Crippen LogP contribution in [-0.2, 0) is 31.1 Å². The molecule has 1 spiro atoms. The predicted molar refractivity (Wildman–Crippen MR) is 281 cm³/mol. The van der Waals surface area contributed by atoms with E-state index in [1.807, 2.05) is 152 Å². The van der Waals surface area contributed by atoms with E-state index < -0.39 is 65.4 Å². The van der Waals surface area contributed by atoms with Crippen molar-refractivity contribution >= 4 is 56.2 Å². The Bertz CT molecular complexity index is 3390. The summed E-state index contributed by atoms with van der Waals surface area (Å²) in [5.74, 6) is 2.96. The number of para-hydroxylation sites is 1. The predicted octanol–water partition coefficient (Wildman–Crippen LogP) is 10.3. The van der Waals surface area contributed by atoms with Crippen LogP contribution in [0.15, 0.2) is 188 Å². The van der Waals surface area contributed by atoms with Crippen molar-refractivity contribution in [1.82, 2.24) is 20.1 Å². The minimum atomic E-state index is -2.04. The number of phenols is 1. The van der Waals surface area contributed by atoms with Crippen LogP contribution in [0.4, 0.5) is 15.6 Å². The summed E-state index contributed by atoms with van der Waals surface area (Å²) in [5, 5.41) is 17.3. The van der Waals surface area contributed by atoms with Crippen molar-refractivity contribution < 1.29 is 29.0 Å². The highest BCUT2D eigenvalue weighted by molar-refractivity contribution is 7.22. The van der Waals surface area contributed by atoms with Crippen LogP contribution in [0.1, 0.15) is 70.1 Å². The minimum Gasteiger partial charge on any atom is -0.508 e. The zero-order chi connectivity index (χ0) is 50.2.